The van der Waals surface area contributed by atoms with Crippen LogP contribution in [0.5, 0.6) is 5.75 Å². The Morgan fingerprint density at radius 2 is 2.07 bits per heavy atom. The Balaban J connectivity index is 2.14. The number of halogens is 2. The van der Waals surface area contributed by atoms with Crippen LogP contribution in [0.3, 0.4) is 0 Å². The molecule has 1 aromatic carbocycles. The standard InChI is InChI=1S/C12H12ClFO/c13-12-8-4-3-7(6-1-2-6)11(8)10(15)5-9(12)14/h5-7,15H,1-4H2. The smallest absolute Gasteiger partial charge is 0.145 e. The van der Waals surface area contributed by atoms with Crippen molar-refractivity contribution in [2.45, 2.75) is 31.6 Å². The molecule has 2 aliphatic carbocycles. The van der Waals surface area contributed by atoms with Gasteiger partial charge in [-0.15, -0.1) is 0 Å². The van der Waals surface area contributed by atoms with Crippen molar-refractivity contribution >= 4 is 11.6 Å². The molecule has 0 spiro atoms. The molecule has 80 valence electrons. The molecule has 0 aromatic heterocycles. The summed E-state index contributed by atoms with van der Waals surface area (Å²) in [6.07, 6.45) is 4.29. The second kappa shape index (κ2) is 3.11. The number of fused-ring (bicyclic) bond motifs is 1. The first-order valence-electron chi connectivity index (χ1n) is 5.38. The van der Waals surface area contributed by atoms with Crippen LogP contribution in [-0.4, -0.2) is 5.11 Å². The van der Waals surface area contributed by atoms with Gasteiger partial charge in [0.05, 0.1) is 5.02 Å². The Bertz CT molecular complexity index is 426. The van der Waals surface area contributed by atoms with Gasteiger partial charge in [0.15, 0.2) is 0 Å². The Labute approximate surface area is 92.9 Å². The predicted molar refractivity (Wildman–Crippen MR) is 56.9 cm³/mol. The second-order valence-corrected chi connectivity index (χ2v) is 4.94. The molecule has 0 saturated heterocycles. The summed E-state index contributed by atoms with van der Waals surface area (Å²) in [5.41, 5.74) is 1.76. The molecular formula is C12H12ClFO. The molecule has 1 unspecified atom stereocenters. The number of phenolic OH excluding ortho intramolecular Hbond substituents is 1. The summed E-state index contributed by atoms with van der Waals surface area (Å²) in [7, 11) is 0. The first-order valence-corrected chi connectivity index (χ1v) is 5.76. The third-order valence-electron chi connectivity index (χ3n) is 3.61. The molecule has 0 heterocycles. The highest BCUT2D eigenvalue weighted by Crippen LogP contribution is 2.53. The second-order valence-electron chi connectivity index (χ2n) is 4.57. The lowest BCUT2D eigenvalue weighted by molar-refractivity contribution is 0.452. The predicted octanol–water partition coefficient (Wildman–Crippen LogP) is 3.62. The van der Waals surface area contributed by atoms with Gasteiger partial charge in [0, 0.05) is 11.6 Å². The maximum Gasteiger partial charge on any atom is 0.145 e. The zero-order valence-corrected chi connectivity index (χ0v) is 9.02. The summed E-state index contributed by atoms with van der Waals surface area (Å²) in [6, 6.07) is 1.15. The van der Waals surface area contributed by atoms with Crippen LogP contribution in [0.1, 0.15) is 36.3 Å². The van der Waals surface area contributed by atoms with E-state index in [2.05, 4.69) is 0 Å². The average Bonchev–Trinajstić information content (AvgIpc) is 2.94. The van der Waals surface area contributed by atoms with E-state index in [0.29, 0.717) is 11.8 Å². The summed E-state index contributed by atoms with van der Waals surface area (Å²) in [5, 5.41) is 10.00. The lowest BCUT2D eigenvalue weighted by Gasteiger charge is -2.12. The molecule has 2 aliphatic rings. The lowest BCUT2D eigenvalue weighted by Crippen LogP contribution is -1.97. The van der Waals surface area contributed by atoms with Crippen LogP contribution in [0.25, 0.3) is 0 Å². The lowest BCUT2D eigenvalue weighted by atomic mass is 9.95. The van der Waals surface area contributed by atoms with Gasteiger partial charge in [-0.05, 0) is 43.1 Å². The van der Waals surface area contributed by atoms with Gasteiger partial charge in [-0.1, -0.05) is 11.6 Å². The summed E-state index contributed by atoms with van der Waals surface area (Å²) in [6.45, 7) is 0. The topological polar surface area (TPSA) is 20.2 Å². The van der Waals surface area contributed by atoms with E-state index in [9.17, 15) is 9.50 Å². The van der Waals surface area contributed by atoms with Crippen LogP contribution < -0.4 is 0 Å². The van der Waals surface area contributed by atoms with Gasteiger partial charge in [-0.2, -0.15) is 0 Å². The van der Waals surface area contributed by atoms with Gasteiger partial charge in [-0.25, -0.2) is 4.39 Å². The minimum Gasteiger partial charge on any atom is -0.508 e. The number of aromatic hydroxyl groups is 1. The average molecular weight is 227 g/mol. The highest BCUT2D eigenvalue weighted by molar-refractivity contribution is 6.31. The van der Waals surface area contributed by atoms with Crippen LogP contribution in [-0.2, 0) is 6.42 Å². The van der Waals surface area contributed by atoms with Crippen LogP contribution >= 0.6 is 11.6 Å². The first-order chi connectivity index (χ1) is 7.18. The van der Waals surface area contributed by atoms with E-state index in [4.69, 9.17) is 11.6 Å². The van der Waals surface area contributed by atoms with Crippen LogP contribution in [0.4, 0.5) is 4.39 Å². The van der Waals surface area contributed by atoms with Gasteiger partial charge < -0.3 is 5.11 Å². The van der Waals surface area contributed by atoms with E-state index >= 15 is 0 Å². The van der Waals surface area contributed by atoms with Crippen molar-refractivity contribution in [1.82, 2.24) is 0 Å². The van der Waals surface area contributed by atoms with Crippen LogP contribution in [0.2, 0.25) is 5.02 Å². The minimum atomic E-state index is -0.496. The van der Waals surface area contributed by atoms with E-state index in [1.807, 2.05) is 0 Å². The fourth-order valence-electron chi connectivity index (χ4n) is 2.75. The van der Waals surface area contributed by atoms with Crippen molar-refractivity contribution in [3.8, 4) is 5.75 Å². The molecule has 3 rings (SSSR count). The minimum absolute atomic E-state index is 0.0984. The van der Waals surface area contributed by atoms with E-state index < -0.39 is 5.82 Å². The highest BCUT2D eigenvalue weighted by atomic mass is 35.5. The third-order valence-corrected chi connectivity index (χ3v) is 4.01. The summed E-state index contributed by atoms with van der Waals surface area (Å²) >= 11 is 5.91. The van der Waals surface area contributed by atoms with E-state index in [1.165, 1.54) is 12.8 Å². The molecule has 0 bridgehead atoms. The van der Waals surface area contributed by atoms with E-state index in [-0.39, 0.29) is 10.8 Å². The third kappa shape index (κ3) is 1.35. The fraction of sp³-hybridized carbons (Fsp3) is 0.500. The molecule has 0 radical (unpaired) electrons. The molecule has 3 heteroatoms. The van der Waals surface area contributed by atoms with Gasteiger partial charge in [0.2, 0.25) is 0 Å². The maximum absolute atomic E-state index is 13.3. The first kappa shape index (κ1) is 9.46. The van der Waals surface area contributed by atoms with Gasteiger partial charge >= 0.3 is 0 Å². The molecule has 1 saturated carbocycles. The quantitative estimate of drug-likeness (QED) is 0.776. The van der Waals surface area contributed by atoms with Crippen molar-refractivity contribution in [3.63, 3.8) is 0 Å². The summed E-state index contributed by atoms with van der Waals surface area (Å²) < 4.78 is 13.3. The summed E-state index contributed by atoms with van der Waals surface area (Å²) in [4.78, 5) is 0. The number of benzene rings is 1. The Hall–Kier alpha value is -0.760. The monoisotopic (exact) mass is 226 g/mol. The zero-order chi connectivity index (χ0) is 10.6. The van der Waals surface area contributed by atoms with Crippen molar-refractivity contribution in [3.05, 3.63) is 28.0 Å². The van der Waals surface area contributed by atoms with Crippen molar-refractivity contribution in [2.75, 3.05) is 0 Å². The molecule has 0 aliphatic heterocycles. The number of hydrogen-bond donors (Lipinski definition) is 1. The van der Waals surface area contributed by atoms with Crippen molar-refractivity contribution < 1.29 is 9.50 Å². The molecule has 1 atom stereocenters. The molecule has 15 heavy (non-hydrogen) atoms. The Morgan fingerprint density at radius 3 is 2.73 bits per heavy atom. The molecular weight excluding hydrogens is 215 g/mol. The van der Waals surface area contributed by atoms with Gasteiger partial charge in [-0.3, -0.25) is 0 Å². The summed E-state index contributed by atoms with van der Waals surface area (Å²) in [5.74, 6) is 0.711. The molecule has 1 N–H and O–H groups in total. The Morgan fingerprint density at radius 1 is 1.33 bits per heavy atom. The number of phenols is 1. The highest BCUT2D eigenvalue weighted by Gasteiger charge is 2.39. The number of hydrogen-bond acceptors (Lipinski definition) is 1. The van der Waals surface area contributed by atoms with Gasteiger partial charge in [0.1, 0.15) is 11.6 Å². The van der Waals surface area contributed by atoms with Gasteiger partial charge in [0.25, 0.3) is 0 Å². The Kier molecular flexibility index (Phi) is 1.96. The van der Waals surface area contributed by atoms with E-state index in [0.717, 1.165) is 30.0 Å². The van der Waals surface area contributed by atoms with Crippen LogP contribution in [0.15, 0.2) is 6.07 Å². The van der Waals surface area contributed by atoms with Crippen molar-refractivity contribution in [1.29, 1.82) is 0 Å². The van der Waals surface area contributed by atoms with Crippen LogP contribution in [0, 0.1) is 11.7 Å². The molecule has 1 nitrogen and oxygen atoms in total. The molecule has 1 aromatic rings. The largest absolute Gasteiger partial charge is 0.508 e. The molecule has 0 amide bonds. The molecule has 1 fully saturated rings. The number of rotatable bonds is 1. The van der Waals surface area contributed by atoms with Crippen molar-refractivity contribution in [2.24, 2.45) is 5.92 Å². The normalized spacial score (nSPS) is 24.3. The van der Waals surface area contributed by atoms with E-state index in [1.54, 1.807) is 0 Å². The zero-order valence-electron chi connectivity index (χ0n) is 8.26. The fourth-order valence-corrected chi connectivity index (χ4v) is 3.00. The maximum atomic E-state index is 13.3. The SMILES string of the molecule is Oc1cc(F)c(Cl)c2c1C(C1CC1)CC2.